The first-order valence-corrected chi connectivity index (χ1v) is 11.4. The predicted octanol–water partition coefficient (Wildman–Crippen LogP) is 4.85. The van der Waals surface area contributed by atoms with Crippen molar-refractivity contribution in [3.8, 4) is 5.75 Å². The average molecular weight is 443 g/mol. The minimum atomic E-state index is -0.188. The lowest BCUT2D eigenvalue weighted by atomic mass is 10.2. The molecule has 1 aliphatic heterocycles. The Labute approximate surface area is 195 Å². The molecule has 4 rings (SSSR count). The molecule has 1 fully saturated rings. The first-order chi connectivity index (χ1) is 16.2. The highest BCUT2D eigenvalue weighted by atomic mass is 16.5. The van der Waals surface area contributed by atoms with Gasteiger partial charge in [-0.25, -0.2) is 4.98 Å². The Kier molecular flexibility index (Phi) is 7.59. The van der Waals surface area contributed by atoms with Crippen LogP contribution in [0.3, 0.4) is 0 Å². The number of amides is 1. The number of pyridine rings is 1. The second-order valence-corrected chi connectivity index (χ2v) is 7.95. The maximum absolute atomic E-state index is 12.3. The number of carbonyl (C=O) groups excluding carboxylic acids is 1. The summed E-state index contributed by atoms with van der Waals surface area (Å²) in [7, 11) is 0. The lowest BCUT2D eigenvalue weighted by Crippen LogP contribution is -2.46. The van der Waals surface area contributed by atoms with Gasteiger partial charge in [-0.2, -0.15) is 0 Å². The van der Waals surface area contributed by atoms with E-state index < -0.39 is 0 Å². The third-order valence-corrected chi connectivity index (χ3v) is 5.52. The maximum Gasteiger partial charge on any atom is 0.248 e. The van der Waals surface area contributed by atoms with Crippen molar-refractivity contribution >= 4 is 29.2 Å². The van der Waals surface area contributed by atoms with E-state index in [1.54, 1.807) is 12.3 Å². The molecule has 0 atom stereocenters. The Bertz CT molecular complexity index is 1040. The van der Waals surface area contributed by atoms with Crippen molar-refractivity contribution in [3.05, 3.63) is 84.6 Å². The van der Waals surface area contributed by atoms with E-state index in [0.29, 0.717) is 12.3 Å². The van der Waals surface area contributed by atoms with Crippen molar-refractivity contribution in [3.63, 3.8) is 0 Å². The van der Waals surface area contributed by atoms with Crippen LogP contribution in [-0.4, -0.2) is 43.7 Å². The quantitative estimate of drug-likeness (QED) is 0.506. The molecule has 0 saturated carbocycles. The molecule has 1 aromatic heterocycles. The number of carbonyl (C=O) groups is 1. The van der Waals surface area contributed by atoms with Crippen molar-refractivity contribution in [2.45, 2.75) is 13.3 Å². The zero-order valence-electron chi connectivity index (χ0n) is 19.0. The fraction of sp³-hybridized carbons (Fsp3) is 0.259. The van der Waals surface area contributed by atoms with Crippen LogP contribution in [0.5, 0.6) is 5.75 Å². The molecule has 0 bridgehead atoms. The Morgan fingerprint density at radius 3 is 2.36 bits per heavy atom. The van der Waals surface area contributed by atoms with Crippen LogP contribution in [0.2, 0.25) is 0 Å². The van der Waals surface area contributed by atoms with Crippen molar-refractivity contribution in [1.29, 1.82) is 0 Å². The van der Waals surface area contributed by atoms with Gasteiger partial charge in [0.2, 0.25) is 5.91 Å². The Morgan fingerprint density at radius 1 is 0.970 bits per heavy atom. The van der Waals surface area contributed by atoms with E-state index in [9.17, 15) is 4.79 Å². The molecule has 1 saturated heterocycles. The molecule has 6 heteroatoms. The number of anilines is 3. The van der Waals surface area contributed by atoms with Crippen LogP contribution in [0, 0.1) is 0 Å². The Balaban J connectivity index is 1.26. The second kappa shape index (κ2) is 11.2. The van der Waals surface area contributed by atoms with Crippen LogP contribution in [0.1, 0.15) is 18.9 Å². The monoisotopic (exact) mass is 442 g/mol. The van der Waals surface area contributed by atoms with Crippen LogP contribution in [0.25, 0.3) is 6.08 Å². The summed E-state index contributed by atoms with van der Waals surface area (Å²) >= 11 is 0. The van der Waals surface area contributed by atoms with Crippen molar-refractivity contribution < 1.29 is 9.53 Å². The Hall–Kier alpha value is -3.80. The van der Waals surface area contributed by atoms with Crippen LogP contribution >= 0.6 is 0 Å². The van der Waals surface area contributed by atoms with Gasteiger partial charge in [0.05, 0.1) is 18.5 Å². The molecule has 1 aliphatic rings. The van der Waals surface area contributed by atoms with Crippen LogP contribution in [0.15, 0.2) is 79.0 Å². The smallest absolute Gasteiger partial charge is 0.248 e. The summed E-state index contributed by atoms with van der Waals surface area (Å²) in [4.78, 5) is 21.5. The van der Waals surface area contributed by atoms with Crippen molar-refractivity contribution in [1.82, 2.24) is 4.98 Å². The third kappa shape index (κ3) is 6.35. The lowest BCUT2D eigenvalue weighted by molar-refractivity contribution is -0.111. The van der Waals surface area contributed by atoms with E-state index in [0.717, 1.165) is 49.7 Å². The van der Waals surface area contributed by atoms with E-state index in [4.69, 9.17) is 4.74 Å². The van der Waals surface area contributed by atoms with Gasteiger partial charge in [0, 0.05) is 37.9 Å². The van der Waals surface area contributed by atoms with Crippen LogP contribution in [0.4, 0.5) is 17.2 Å². The highest BCUT2D eigenvalue weighted by Gasteiger charge is 2.18. The van der Waals surface area contributed by atoms with Crippen molar-refractivity contribution in [2.24, 2.45) is 0 Å². The fourth-order valence-corrected chi connectivity index (χ4v) is 3.73. The molecule has 2 heterocycles. The van der Waals surface area contributed by atoms with Gasteiger partial charge in [-0.05, 0) is 54.5 Å². The first-order valence-electron chi connectivity index (χ1n) is 11.4. The van der Waals surface area contributed by atoms with Gasteiger partial charge >= 0.3 is 0 Å². The molecule has 0 unspecified atom stereocenters. The van der Waals surface area contributed by atoms with Gasteiger partial charge in [0.1, 0.15) is 11.6 Å². The molecule has 170 valence electrons. The number of piperazine rings is 1. The summed E-state index contributed by atoms with van der Waals surface area (Å²) in [6, 6.07) is 22.0. The third-order valence-electron chi connectivity index (χ3n) is 5.52. The highest BCUT2D eigenvalue weighted by Crippen LogP contribution is 2.20. The van der Waals surface area contributed by atoms with Crippen LogP contribution in [-0.2, 0) is 4.79 Å². The van der Waals surface area contributed by atoms with Crippen molar-refractivity contribution in [2.75, 3.05) is 47.9 Å². The lowest BCUT2D eigenvalue weighted by Gasteiger charge is -2.36. The topological polar surface area (TPSA) is 57.7 Å². The number of aromatic nitrogens is 1. The molecule has 0 aliphatic carbocycles. The number of nitrogens with one attached hydrogen (secondary N) is 1. The number of ether oxygens (including phenoxy) is 1. The minimum Gasteiger partial charge on any atom is -0.494 e. The zero-order chi connectivity index (χ0) is 22.9. The summed E-state index contributed by atoms with van der Waals surface area (Å²) < 4.78 is 5.58. The summed E-state index contributed by atoms with van der Waals surface area (Å²) in [5.74, 6) is 1.58. The summed E-state index contributed by atoms with van der Waals surface area (Å²) in [5.41, 5.74) is 2.88. The highest BCUT2D eigenvalue weighted by molar-refractivity contribution is 6.01. The van der Waals surface area contributed by atoms with Crippen LogP contribution < -0.4 is 19.9 Å². The van der Waals surface area contributed by atoms with Gasteiger partial charge in [0.15, 0.2) is 0 Å². The molecule has 33 heavy (non-hydrogen) atoms. The molecular weight excluding hydrogens is 412 g/mol. The number of rotatable bonds is 8. The largest absolute Gasteiger partial charge is 0.494 e. The van der Waals surface area contributed by atoms with E-state index in [-0.39, 0.29) is 5.91 Å². The van der Waals surface area contributed by atoms with Gasteiger partial charge in [-0.15, -0.1) is 0 Å². The molecule has 2 aromatic carbocycles. The number of benzene rings is 2. The van der Waals surface area contributed by atoms with Gasteiger partial charge in [0.25, 0.3) is 0 Å². The number of hydrogen-bond donors (Lipinski definition) is 1. The predicted molar refractivity (Wildman–Crippen MR) is 135 cm³/mol. The van der Waals surface area contributed by atoms with E-state index in [1.165, 1.54) is 11.8 Å². The molecule has 1 N–H and O–H groups in total. The minimum absolute atomic E-state index is 0.188. The number of nitrogens with zero attached hydrogens (tertiary/aromatic N) is 3. The van der Waals surface area contributed by atoms with Gasteiger partial charge < -0.3 is 19.9 Å². The second-order valence-electron chi connectivity index (χ2n) is 7.95. The molecular formula is C27H30N4O2. The normalized spacial score (nSPS) is 13.8. The van der Waals surface area contributed by atoms with Gasteiger partial charge in [-0.3, -0.25) is 4.79 Å². The summed E-state index contributed by atoms with van der Waals surface area (Å²) in [5, 5.41) is 2.87. The standard InChI is InChI=1S/C27H30N4O2/c1-2-20-33-25-12-8-22(9-13-25)10-15-27(32)29-23-11-14-26(28-21-23)31-18-16-30(17-19-31)24-6-4-3-5-7-24/h3-15,21H,2,16-20H2,1H3,(H,29,32)/b15-10+. The summed E-state index contributed by atoms with van der Waals surface area (Å²) in [6.45, 7) is 6.53. The maximum atomic E-state index is 12.3. The average Bonchev–Trinajstić information content (AvgIpc) is 2.88. The van der Waals surface area contributed by atoms with E-state index >= 15 is 0 Å². The number of hydrogen-bond acceptors (Lipinski definition) is 5. The molecule has 6 nitrogen and oxygen atoms in total. The molecule has 0 radical (unpaired) electrons. The fourth-order valence-electron chi connectivity index (χ4n) is 3.73. The molecule has 0 spiro atoms. The SMILES string of the molecule is CCCOc1ccc(/C=C/C(=O)Nc2ccc(N3CCN(c4ccccc4)CC3)nc2)cc1. The number of para-hydroxylation sites is 1. The molecule has 3 aromatic rings. The van der Waals surface area contributed by atoms with E-state index in [1.807, 2.05) is 42.5 Å². The van der Waals surface area contributed by atoms with Gasteiger partial charge in [-0.1, -0.05) is 37.3 Å². The first kappa shape index (κ1) is 22.4. The Morgan fingerprint density at radius 2 is 1.70 bits per heavy atom. The summed E-state index contributed by atoms with van der Waals surface area (Å²) in [6.07, 6.45) is 6.00. The van der Waals surface area contributed by atoms with E-state index in [2.05, 4.69) is 51.3 Å². The molecule has 1 amide bonds. The zero-order valence-corrected chi connectivity index (χ0v) is 19.0.